The number of H-pyrrole nitrogens is 1. The molecule has 1 aromatic carbocycles. The van der Waals surface area contributed by atoms with Crippen molar-refractivity contribution < 1.29 is 4.74 Å². The minimum absolute atomic E-state index is 0.505. The lowest BCUT2D eigenvalue weighted by molar-refractivity contribution is 0.198. The number of hydrogen-bond acceptors (Lipinski definition) is 5. The lowest BCUT2D eigenvalue weighted by atomic mass is 9.97. The normalized spacial score (nSPS) is 18.4. The molecule has 1 unspecified atom stereocenters. The van der Waals surface area contributed by atoms with E-state index in [0.29, 0.717) is 5.92 Å². The Labute approximate surface area is 151 Å². The quantitative estimate of drug-likeness (QED) is 0.754. The van der Waals surface area contributed by atoms with Gasteiger partial charge in [-0.1, -0.05) is 12.1 Å². The zero-order valence-corrected chi connectivity index (χ0v) is 15.1. The Bertz CT molecular complexity index is 814. The first kappa shape index (κ1) is 16.3. The fraction of sp³-hybridized carbons (Fsp3) is 0.368. The van der Waals surface area contributed by atoms with Crippen LogP contribution in [0.15, 0.2) is 42.9 Å². The van der Waals surface area contributed by atoms with Crippen LogP contribution in [0.3, 0.4) is 0 Å². The zero-order chi connectivity index (χ0) is 17.1. The van der Waals surface area contributed by atoms with Gasteiger partial charge in [0, 0.05) is 42.5 Å². The number of benzene rings is 1. The monoisotopic (exact) mass is 354 g/mol. The van der Waals surface area contributed by atoms with E-state index in [-0.39, 0.29) is 0 Å². The number of nitrogens with one attached hydrogen (secondary N) is 1. The summed E-state index contributed by atoms with van der Waals surface area (Å²) in [5, 5.41) is 1.02. The second-order valence-electron chi connectivity index (χ2n) is 6.38. The van der Waals surface area contributed by atoms with Gasteiger partial charge in [0.1, 0.15) is 16.6 Å². The number of piperidine rings is 1. The number of aromatic amines is 1. The number of methoxy groups -OCH3 is 1. The predicted molar refractivity (Wildman–Crippen MR) is 99.9 cm³/mol. The van der Waals surface area contributed by atoms with Crippen LogP contribution in [0.1, 0.15) is 29.5 Å². The molecule has 3 aromatic rings. The summed E-state index contributed by atoms with van der Waals surface area (Å²) in [5.41, 5.74) is 1.06. The molecule has 1 saturated heterocycles. The van der Waals surface area contributed by atoms with Gasteiger partial charge in [-0.25, -0.2) is 9.97 Å². The van der Waals surface area contributed by atoms with Crippen LogP contribution in [0.25, 0.3) is 10.6 Å². The number of imidazole rings is 1. The van der Waals surface area contributed by atoms with Crippen LogP contribution in [0, 0.1) is 0 Å². The third kappa shape index (κ3) is 3.60. The summed E-state index contributed by atoms with van der Waals surface area (Å²) < 4.78 is 5.46. The van der Waals surface area contributed by atoms with E-state index >= 15 is 0 Å². The minimum Gasteiger partial charge on any atom is -0.496 e. The lowest BCUT2D eigenvalue weighted by Crippen LogP contribution is -2.34. The number of hydrogen-bond donors (Lipinski definition) is 1. The molecule has 3 heterocycles. The molecule has 1 atom stereocenters. The summed E-state index contributed by atoms with van der Waals surface area (Å²) in [7, 11) is 1.70. The molecule has 0 saturated carbocycles. The molecule has 1 aliphatic rings. The number of aromatic nitrogens is 3. The van der Waals surface area contributed by atoms with E-state index in [9.17, 15) is 0 Å². The van der Waals surface area contributed by atoms with E-state index in [1.165, 1.54) is 17.7 Å². The van der Waals surface area contributed by atoms with Crippen LogP contribution in [-0.2, 0) is 6.54 Å². The van der Waals surface area contributed by atoms with Crippen LogP contribution >= 0.6 is 11.3 Å². The van der Waals surface area contributed by atoms with Gasteiger partial charge in [-0.15, -0.1) is 11.3 Å². The molecule has 6 heteroatoms. The van der Waals surface area contributed by atoms with Crippen molar-refractivity contribution in [2.45, 2.75) is 25.3 Å². The summed E-state index contributed by atoms with van der Waals surface area (Å²) in [6.07, 6.45) is 8.18. The second-order valence-corrected chi connectivity index (χ2v) is 7.50. The molecule has 0 spiro atoms. The summed E-state index contributed by atoms with van der Waals surface area (Å²) in [5.74, 6) is 2.49. The Morgan fingerprint density at radius 3 is 3.08 bits per heavy atom. The van der Waals surface area contributed by atoms with Gasteiger partial charge in [0.25, 0.3) is 0 Å². The van der Waals surface area contributed by atoms with E-state index in [4.69, 9.17) is 4.74 Å². The maximum atomic E-state index is 5.46. The van der Waals surface area contributed by atoms with Crippen molar-refractivity contribution in [3.63, 3.8) is 0 Å². The molecule has 130 valence electrons. The van der Waals surface area contributed by atoms with Crippen LogP contribution in [0.4, 0.5) is 0 Å². The minimum atomic E-state index is 0.505. The predicted octanol–water partition coefficient (Wildman–Crippen LogP) is 3.92. The van der Waals surface area contributed by atoms with Gasteiger partial charge in [-0.3, -0.25) is 4.90 Å². The third-order valence-corrected chi connectivity index (χ3v) is 5.70. The van der Waals surface area contributed by atoms with E-state index in [1.807, 2.05) is 36.8 Å². The van der Waals surface area contributed by atoms with E-state index in [0.717, 1.165) is 41.8 Å². The highest BCUT2D eigenvalue weighted by molar-refractivity contribution is 7.15. The summed E-state index contributed by atoms with van der Waals surface area (Å²) in [6, 6.07) is 8.06. The largest absolute Gasteiger partial charge is 0.496 e. The van der Waals surface area contributed by atoms with Crippen molar-refractivity contribution in [1.82, 2.24) is 19.9 Å². The van der Waals surface area contributed by atoms with Crippen LogP contribution in [0.5, 0.6) is 5.75 Å². The lowest BCUT2D eigenvalue weighted by Gasteiger charge is -2.31. The topological polar surface area (TPSA) is 54.0 Å². The molecule has 4 rings (SSSR count). The first-order valence-corrected chi connectivity index (χ1v) is 9.45. The highest BCUT2D eigenvalue weighted by atomic mass is 32.1. The Kier molecular flexibility index (Phi) is 4.81. The van der Waals surface area contributed by atoms with Crippen molar-refractivity contribution in [3.05, 3.63) is 53.6 Å². The fourth-order valence-electron chi connectivity index (χ4n) is 3.47. The van der Waals surface area contributed by atoms with Crippen molar-refractivity contribution in [2.24, 2.45) is 0 Å². The molecule has 0 radical (unpaired) electrons. The van der Waals surface area contributed by atoms with E-state index in [1.54, 1.807) is 18.4 Å². The molecule has 2 aromatic heterocycles. The van der Waals surface area contributed by atoms with Crippen molar-refractivity contribution in [1.29, 1.82) is 0 Å². The first-order chi connectivity index (χ1) is 12.3. The Morgan fingerprint density at radius 2 is 2.24 bits per heavy atom. The molecule has 0 bridgehead atoms. The average Bonchev–Trinajstić information content (AvgIpc) is 3.34. The summed E-state index contributed by atoms with van der Waals surface area (Å²) in [6.45, 7) is 3.14. The number of ether oxygens (including phenoxy) is 1. The standard InChI is InChI=1S/C19H22N4OS/c1-24-17-7-3-2-6-16(17)19-22-11-15(25-19)13-23-10-4-5-14(12-23)18-20-8-9-21-18/h2-3,6-9,11,14H,4-5,10,12-13H2,1H3,(H,20,21). The van der Waals surface area contributed by atoms with Crippen LogP contribution < -0.4 is 4.74 Å². The number of thiazole rings is 1. The molecule has 0 amide bonds. The maximum Gasteiger partial charge on any atom is 0.129 e. The maximum absolute atomic E-state index is 5.46. The second kappa shape index (κ2) is 7.37. The van der Waals surface area contributed by atoms with Crippen LogP contribution in [0.2, 0.25) is 0 Å². The highest BCUT2D eigenvalue weighted by Gasteiger charge is 2.23. The molecule has 1 N–H and O–H groups in total. The molecular formula is C19H22N4OS. The molecule has 0 aliphatic carbocycles. The third-order valence-electron chi connectivity index (χ3n) is 4.68. The Balaban J connectivity index is 1.46. The van der Waals surface area contributed by atoms with Gasteiger partial charge in [0.2, 0.25) is 0 Å². The average molecular weight is 354 g/mol. The number of rotatable bonds is 5. The molecule has 5 nitrogen and oxygen atoms in total. The molecule has 1 fully saturated rings. The van der Waals surface area contributed by atoms with E-state index in [2.05, 4.69) is 25.9 Å². The smallest absolute Gasteiger partial charge is 0.129 e. The van der Waals surface area contributed by atoms with Gasteiger partial charge >= 0.3 is 0 Å². The number of likely N-dealkylation sites (tertiary alicyclic amines) is 1. The molecule has 25 heavy (non-hydrogen) atoms. The zero-order valence-electron chi connectivity index (χ0n) is 14.3. The highest BCUT2D eigenvalue weighted by Crippen LogP contribution is 2.33. The fourth-order valence-corrected chi connectivity index (χ4v) is 4.45. The Hall–Kier alpha value is -2.18. The van der Waals surface area contributed by atoms with Gasteiger partial charge in [-0.05, 0) is 31.5 Å². The molecular weight excluding hydrogens is 332 g/mol. The number of nitrogens with zero attached hydrogens (tertiary/aromatic N) is 3. The van der Waals surface area contributed by atoms with Crippen molar-refractivity contribution in [3.8, 4) is 16.3 Å². The van der Waals surface area contributed by atoms with Crippen molar-refractivity contribution >= 4 is 11.3 Å². The SMILES string of the molecule is COc1ccccc1-c1ncc(CN2CCCC(c3ncc[nH]3)C2)s1. The van der Waals surface area contributed by atoms with E-state index < -0.39 is 0 Å². The summed E-state index contributed by atoms with van der Waals surface area (Å²) in [4.78, 5) is 16.1. The number of para-hydroxylation sites is 1. The first-order valence-electron chi connectivity index (χ1n) is 8.63. The van der Waals surface area contributed by atoms with Gasteiger partial charge in [-0.2, -0.15) is 0 Å². The van der Waals surface area contributed by atoms with Gasteiger partial charge < -0.3 is 9.72 Å². The van der Waals surface area contributed by atoms with Gasteiger partial charge in [0.05, 0.1) is 12.7 Å². The van der Waals surface area contributed by atoms with Gasteiger partial charge in [0.15, 0.2) is 0 Å². The Morgan fingerprint density at radius 1 is 1.32 bits per heavy atom. The summed E-state index contributed by atoms with van der Waals surface area (Å²) >= 11 is 1.75. The molecule has 1 aliphatic heterocycles. The van der Waals surface area contributed by atoms with Crippen LogP contribution in [-0.4, -0.2) is 40.1 Å². The van der Waals surface area contributed by atoms with Crippen molar-refractivity contribution in [2.75, 3.05) is 20.2 Å².